The van der Waals surface area contributed by atoms with Gasteiger partial charge in [0, 0.05) is 52.6 Å². The number of nitrogens with zero attached hydrogens (tertiary/aromatic N) is 2. The fraction of sp³-hybridized carbons (Fsp3) is 0.361. The molecule has 7 rings (SSSR count). The van der Waals surface area contributed by atoms with Gasteiger partial charge in [0.05, 0.1) is 5.56 Å². The van der Waals surface area contributed by atoms with Gasteiger partial charge in [-0.3, -0.25) is 0 Å². The average Bonchev–Trinajstić information content (AvgIpc) is 3.35. The van der Waals surface area contributed by atoms with E-state index < -0.39 is 11.6 Å². The molecule has 7 heteroatoms. The Hall–Kier alpha value is -3.97. The largest absolute Gasteiger partial charge is 0.454 e. The van der Waals surface area contributed by atoms with Gasteiger partial charge in [-0.05, 0) is 94.3 Å². The summed E-state index contributed by atoms with van der Waals surface area (Å²) < 4.78 is 37.1. The summed E-state index contributed by atoms with van der Waals surface area (Å²) >= 11 is 0. The minimum Gasteiger partial charge on any atom is -0.454 e. The number of ether oxygens (including phenoxy) is 1. The molecule has 4 bridgehead atoms. The van der Waals surface area contributed by atoms with E-state index in [-0.39, 0.29) is 11.2 Å². The van der Waals surface area contributed by atoms with E-state index in [2.05, 4.69) is 58.1 Å². The lowest BCUT2D eigenvalue weighted by Crippen LogP contribution is -2.29. The summed E-state index contributed by atoms with van der Waals surface area (Å²) in [7, 11) is 2.21. The summed E-state index contributed by atoms with van der Waals surface area (Å²) in [5, 5.41) is 0.946. The second-order valence-corrected chi connectivity index (χ2v) is 12.9. The van der Waals surface area contributed by atoms with Crippen LogP contribution in [0.4, 0.5) is 8.78 Å². The molecule has 0 saturated heterocycles. The molecule has 2 N–H and O–H groups in total. The molecule has 1 saturated carbocycles. The summed E-state index contributed by atoms with van der Waals surface area (Å²) in [5.74, 6) is 0.133. The molecule has 5 nitrogen and oxygen atoms in total. The van der Waals surface area contributed by atoms with Gasteiger partial charge in [-0.2, -0.15) is 0 Å². The SMILES string of the molecule is CN1CCCc2c(c(F)cc3[nH]ccc23)Oc2ccc(F)c(c2)-c2ncc([nH]2)C(C)(c2ccccc2)CCCC2(CC2)C1. The van der Waals surface area contributed by atoms with E-state index in [9.17, 15) is 0 Å². The van der Waals surface area contributed by atoms with E-state index in [1.165, 1.54) is 37.0 Å². The van der Waals surface area contributed by atoms with Crippen LogP contribution in [0.5, 0.6) is 11.5 Å². The first-order valence-electron chi connectivity index (χ1n) is 15.4. The smallest absolute Gasteiger partial charge is 0.168 e. The van der Waals surface area contributed by atoms with Crippen LogP contribution in [0.2, 0.25) is 0 Å². The minimum atomic E-state index is -0.439. The molecule has 0 amide bonds. The number of aromatic nitrogens is 3. The minimum absolute atomic E-state index is 0.195. The zero-order valence-corrected chi connectivity index (χ0v) is 24.9. The van der Waals surface area contributed by atoms with Gasteiger partial charge in [-0.15, -0.1) is 0 Å². The monoisotopic (exact) mass is 580 g/mol. The van der Waals surface area contributed by atoms with Gasteiger partial charge in [0.25, 0.3) is 0 Å². The van der Waals surface area contributed by atoms with Gasteiger partial charge in [0.1, 0.15) is 17.4 Å². The molecule has 1 fully saturated rings. The third kappa shape index (κ3) is 5.35. The summed E-state index contributed by atoms with van der Waals surface area (Å²) in [5.41, 5.74) is 4.06. The Balaban J connectivity index is 1.32. The Morgan fingerprint density at radius 1 is 0.930 bits per heavy atom. The van der Waals surface area contributed by atoms with Crippen LogP contribution in [-0.4, -0.2) is 40.0 Å². The lowest BCUT2D eigenvalue weighted by atomic mass is 9.75. The van der Waals surface area contributed by atoms with E-state index in [0.29, 0.717) is 29.0 Å². The Labute approximate surface area is 251 Å². The fourth-order valence-corrected chi connectivity index (χ4v) is 7.09. The molecular weight excluding hydrogens is 542 g/mol. The van der Waals surface area contributed by atoms with Crippen LogP contribution in [0.3, 0.4) is 0 Å². The number of hydrogen-bond acceptors (Lipinski definition) is 3. The van der Waals surface area contributed by atoms with Crippen molar-refractivity contribution in [1.29, 1.82) is 0 Å². The number of nitrogens with one attached hydrogen (secondary N) is 2. The maximum Gasteiger partial charge on any atom is 0.168 e. The molecular formula is C36H38F2N4O. The molecule has 0 radical (unpaired) electrons. The van der Waals surface area contributed by atoms with Crippen molar-refractivity contribution in [3.8, 4) is 22.9 Å². The van der Waals surface area contributed by atoms with Crippen LogP contribution in [0.25, 0.3) is 22.3 Å². The molecule has 43 heavy (non-hydrogen) atoms. The molecule has 5 aromatic rings. The third-order valence-electron chi connectivity index (χ3n) is 9.77. The van der Waals surface area contributed by atoms with Gasteiger partial charge in [-0.1, -0.05) is 36.8 Å². The van der Waals surface area contributed by atoms with Crippen molar-refractivity contribution < 1.29 is 13.5 Å². The number of benzene rings is 3. The zero-order valence-electron chi connectivity index (χ0n) is 24.9. The van der Waals surface area contributed by atoms with Crippen molar-refractivity contribution in [2.75, 3.05) is 20.1 Å². The number of aryl methyl sites for hydroxylation is 1. The van der Waals surface area contributed by atoms with Crippen LogP contribution in [0, 0.1) is 17.0 Å². The summed E-state index contributed by atoms with van der Waals surface area (Å²) in [6.07, 6.45) is 10.9. The van der Waals surface area contributed by atoms with E-state index in [1.807, 2.05) is 24.5 Å². The predicted molar refractivity (Wildman–Crippen MR) is 167 cm³/mol. The number of fused-ring (bicyclic) bond motifs is 8. The first-order valence-corrected chi connectivity index (χ1v) is 15.4. The third-order valence-corrected chi connectivity index (χ3v) is 9.77. The summed E-state index contributed by atoms with van der Waals surface area (Å²) in [6, 6.07) is 18.5. The first-order chi connectivity index (χ1) is 20.8. The summed E-state index contributed by atoms with van der Waals surface area (Å²) in [4.78, 5) is 13.7. The predicted octanol–water partition coefficient (Wildman–Crippen LogP) is 8.76. The van der Waals surface area contributed by atoms with Crippen molar-refractivity contribution in [3.63, 3.8) is 0 Å². The van der Waals surface area contributed by atoms with Crippen molar-refractivity contribution in [2.24, 2.45) is 5.41 Å². The number of H-pyrrole nitrogens is 2. The Morgan fingerprint density at radius 3 is 2.58 bits per heavy atom. The van der Waals surface area contributed by atoms with Gasteiger partial charge in [-0.25, -0.2) is 13.8 Å². The molecule has 1 aliphatic carbocycles. The van der Waals surface area contributed by atoms with Crippen LogP contribution in [0.1, 0.15) is 62.3 Å². The van der Waals surface area contributed by atoms with E-state index in [0.717, 1.165) is 54.5 Å². The standard InChI is InChI=1S/C36H38F2N4O/c1-35(24-8-4-3-5-9-24)14-7-15-36(16-17-36)23-42(2)19-6-10-27-26-13-18-39-31(26)21-30(38)33(27)43-25-11-12-29(37)28(20-25)34-40-22-32(35)41-34/h3-5,8-9,11-13,18,20-22,39H,6-7,10,14-17,19,23H2,1-2H3,(H,40,41). The van der Waals surface area contributed by atoms with Gasteiger partial charge >= 0.3 is 0 Å². The molecule has 3 heterocycles. The molecule has 3 aromatic carbocycles. The van der Waals surface area contributed by atoms with Crippen molar-refractivity contribution in [2.45, 2.75) is 57.3 Å². The summed E-state index contributed by atoms with van der Waals surface area (Å²) in [6.45, 7) is 4.24. The molecule has 1 aliphatic heterocycles. The van der Waals surface area contributed by atoms with Crippen LogP contribution < -0.4 is 4.74 Å². The normalized spacial score (nSPS) is 21.0. The van der Waals surface area contributed by atoms with Gasteiger partial charge in [0.15, 0.2) is 11.6 Å². The maximum absolute atomic E-state index is 15.6. The highest BCUT2D eigenvalue weighted by molar-refractivity contribution is 5.85. The quantitative estimate of drug-likeness (QED) is 0.208. The lowest BCUT2D eigenvalue weighted by Gasteiger charge is -2.31. The van der Waals surface area contributed by atoms with Crippen LogP contribution in [0.15, 0.2) is 73.1 Å². The van der Waals surface area contributed by atoms with Crippen molar-refractivity contribution in [3.05, 3.63) is 102 Å². The van der Waals surface area contributed by atoms with Gasteiger partial charge in [0.2, 0.25) is 0 Å². The second-order valence-electron chi connectivity index (χ2n) is 12.9. The topological polar surface area (TPSA) is 56.9 Å². The molecule has 1 spiro atoms. The van der Waals surface area contributed by atoms with E-state index in [1.54, 1.807) is 12.1 Å². The Kier molecular flexibility index (Phi) is 7.08. The van der Waals surface area contributed by atoms with Crippen molar-refractivity contribution >= 4 is 10.9 Å². The number of aromatic amines is 2. The first kappa shape index (κ1) is 27.8. The Morgan fingerprint density at radius 2 is 1.77 bits per heavy atom. The maximum atomic E-state index is 15.6. The Bertz CT molecular complexity index is 1760. The van der Waals surface area contributed by atoms with Crippen LogP contribution >= 0.6 is 0 Å². The van der Waals surface area contributed by atoms with E-state index >= 15 is 8.78 Å². The second kappa shape index (κ2) is 10.9. The molecule has 1 atom stereocenters. The lowest BCUT2D eigenvalue weighted by molar-refractivity contribution is 0.243. The molecule has 2 aliphatic rings. The van der Waals surface area contributed by atoms with Crippen LogP contribution in [-0.2, 0) is 11.8 Å². The highest BCUT2D eigenvalue weighted by Crippen LogP contribution is 2.51. The number of rotatable bonds is 1. The highest BCUT2D eigenvalue weighted by atomic mass is 19.1. The number of halogens is 2. The highest BCUT2D eigenvalue weighted by Gasteiger charge is 2.43. The van der Waals surface area contributed by atoms with E-state index in [4.69, 9.17) is 4.74 Å². The van der Waals surface area contributed by atoms with Crippen molar-refractivity contribution in [1.82, 2.24) is 19.9 Å². The zero-order chi connectivity index (χ0) is 29.6. The van der Waals surface area contributed by atoms with Gasteiger partial charge < -0.3 is 19.6 Å². The molecule has 1 unspecified atom stereocenters. The average molecular weight is 581 g/mol. The molecule has 2 aromatic heterocycles. The number of imidazole rings is 1. The number of hydrogen-bond donors (Lipinski definition) is 2. The fourth-order valence-electron chi connectivity index (χ4n) is 7.09. The molecule has 222 valence electrons.